The van der Waals surface area contributed by atoms with E-state index < -0.39 is 0 Å². The zero-order valence-corrected chi connectivity index (χ0v) is 17.5. The van der Waals surface area contributed by atoms with Gasteiger partial charge in [-0.15, -0.1) is 11.3 Å². The summed E-state index contributed by atoms with van der Waals surface area (Å²) < 4.78 is 22.9. The van der Waals surface area contributed by atoms with Crippen molar-refractivity contribution in [3.63, 3.8) is 0 Å². The first-order valence-electron chi connectivity index (χ1n) is 9.64. The van der Waals surface area contributed by atoms with E-state index in [-0.39, 0.29) is 6.29 Å². The molecule has 0 spiro atoms. The lowest BCUT2D eigenvalue weighted by molar-refractivity contribution is -0.139. The number of benzene rings is 1. The predicted octanol–water partition coefficient (Wildman–Crippen LogP) is 5.62. The van der Waals surface area contributed by atoms with Gasteiger partial charge in [0.2, 0.25) is 5.89 Å². The van der Waals surface area contributed by atoms with Crippen LogP contribution in [-0.4, -0.2) is 24.5 Å². The quantitative estimate of drug-likeness (QED) is 0.390. The topological polar surface area (TPSA) is 53.7 Å². The summed E-state index contributed by atoms with van der Waals surface area (Å²) in [4.78, 5) is 5.58. The van der Waals surface area contributed by atoms with Crippen LogP contribution in [-0.2, 0) is 22.5 Å². The van der Waals surface area contributed by atoms with Gasteiger partial charge in [0.1, 0.15) is 23.8 Å². The van der Waals surface area contributed by atoms with Crippen LogP contribution in [0.3, 0.4) is 0 Å². The molecule has 0 aliphatic carbocycles. The van der Waals surface area contributed by atoms with Gasteiger partial charge in [-0.05, 0) is 55.8 Å². The fourth-order valence-electron chi connectivity index (χ4n) is 2.75. The summed E-state index contributed by atoms with van der Waals surface area (Å²) in [5.74, 6) is 2.25. The molecule has 3 aromatic rings. The molecule has 0 aliphatic heterocycles. The Labute approximate surface area is 170 Å². The number of oxazole rings is 1. The molecule has 0 radical (unpaired) electrons. The molecule has 1 unspecified atom stereocenters. The van der Waals surface area contributed by atoms with Crippen LogP contribution in [0.4, 0.5) is 0 Å². The molecule has 1 atom stereocenters. The van der Waals surface area contributed by atoms with E-state index in [1.54, 1.807) is 11.3 Å². The third-order valence-electron chi connectivity index (χ3n) is 4.30. The zero-order valence-electron chi connectivity index (χ0n) is 16.6. The highest BCUT2D eigenvalue weighted by Crippen LogP contribution is 2.26. The smallest absolute Gasteiger partial charge is 0.236 e. The van der Waals surface area contributed by atoms with Gasteiger partial charge in [-0.25, -0.2) is 4.98 Å². The molecule has 150 valence electrons. The predicted molar refractivity (Wildman–Crippen MR) is 111 cm³/mol. The molecular formula is C22H27NO4S. The van der Waals surface area contributed by atoms with E-state index >= 15 is 0 Å². The summed E-state index contributed by atoms with van der Waals surface area (Å²) in [6.07, 6.45) is 1.59. The van der Waals surface area contributed by atoms with Crippen molar-refractivity contribution in [2.45, 2.75) is 46.5 Å². The van der Waals surface area contributed by atoms with Crippen molar-refractivity contribution in [2.24, 2.45) is 0 Å². The zero-order chi connectivity index (χ0) is 19.8. The molecule has 2 aromatic heterocycles. The number of hydrogen-bond acceptors (Lipinski definition) is 6. The monoisotopic (exact) mass is 401 g/mol. The maximum absolute atomic E-state index is 5.88. The largest absolute Gasteiger partial charge is 0.487 e. The minimum Gasteiger partial charge on any atom is -0.487 e. The lowest BCUT2D eigenvalue weighted by Gasteiger charge is -2.15. The highest BCUT2D eigenvalue weighted by Gasteiger charge is 2.12. The Balaban J connectivity index is 1.48. The summed E-state index contributed by atoms with van der Waals surface area (Å²) in [5.41, 5.74) is 2.03. The van der Waals surface area contributed by atoms with Crippen LogP contribution in [0, 0.1) is 6.92 Å². The molecule has 0 saturated heterocycles. The molecule has 5 nitrogen and oxygen atoms in total. The number of nitrogens with zero attached hydrogens (tertiary/aromatic N) is 1. The Morgan fingerprint density at radius 2 is 1.93 bits per heavy atom. The Morgan fingerprint density at radius 1 is 1.11 bits per heavy atom. The summed E-state index contributed by atoms with van der Waals surface area (Å²) >= 11 is 1.61. The molecule has 0 aliphatic rings. The number of aromatic nitrogens is 1. The van der Waals surface area contributed by atoms with Crippen LogP contribution in [0.1, 0.15) is 37.3 Å². The fourth-order valence-corrected chi connectivity index (χ4v) is 3.40. The van der Waals surface area contributed by atoms with Crippen LogP contribution < -0.4 is 4.74 Å². The molecule has 0 saturated carbocycles. The van der Waals surface area contributed by atoms with E-state index in [4.69, 9.17) is 18.6 Å². The standard InChI is InChI=1S/C22H27NO4S/c1-4-21(24-5-2)25-13-12-17-8-10-18(11-9-17)26-15-19-16(3)27-22(23-19)20-7-6-14-28-20/h6-11,14,21H,4-5,12-13,15H2,1-3H3. The summed E-state index contributed by atoms with van der Waals surface area (Å²) in [7, 11) is 0. The van der Waals surface area contributed by atoms with Crippen molar-refractivity contribution >= 4 is 11.3 Å². The molecule has 1 aromatic carbocycles. The minimum atomic E-state index is -0.114. The second-order valence-electron chi connectivity index (χ2n) is 6.35. The Morgan fingerprint density at radius 3 is 2.61 bits per heavy atom. The van der Waals surface area contributed by atoms with Gasteiger partial charge < -0.3 is 18.6 Å². The van der Waals surface area contributed by atoms with Gasteiger partial charge in [-0.2, -0.15) is 0 Å². The van der Waals surface area contributed by atoms with Gasteiger partial charge in [-0.3, -0.25) is 0 Å². The highest BCUT2D eigenvalue weighted by molar-refractivity contribution is 7.13. The van der Waals surface area contributed by atoms with Crippen molar-refractivity contribution in [1.82, 2.24) is 4.98 Å². The van der Waals surface area contributed by atoms with Crippen molar-refractivity contribution in [3.8, 4) is 16.5 Å². The number of hydrogen-bond donors (Lipinski definition) is 0. The van der Waals surface area contributed by atoms with Crippen LogP contribution in [0.25, 0.3) is 10.8 Å². The molecular weight excluding hydrogens is 374 g/mol. The minimum absolute atomic E-state index is 0.114. The van der Waals surface area contributed by atoms with E-state index in [1.165, 1.54) is 5.56 Å². The average Bonchev–Trinajstić information content (AvgIpc) is 3.36. The van der Waals surface area contributed by atoms with E-state index in [1.807, 2.05) is 43.5 Å². The third kappa shape index (κ3) is 5.67. The first kappa shape index (κ1) is 20.6. The van der Waals surface area contributed by atoms with Crippen molar-refractivity contribution < 1.29 is 18.6 Å². The molecule has 28 heavy (non-hydrogen) atoms. The van der Waals surface area contributed by atoms with E-state index in [0.29, 0.717) is 25.7 Å². The van der Waals surface area contributed by atoms with E-state index in [2.05, 4.69) is 24.0 Å². The van der Waals surface area contributed by atoms with Gasteiger partial charge in [0.25, 0.3) is 0 Å². The van der Waals surface area contributed by atoms with Crippen LogP contribution in [0.5, 0.6) is 5.75 Å². The second kappa shape index (κ2) is 10.4. The van der Waals surface area contributed by atoms with Crippen LogP contribution >= 0.6 is 11.3 Å². The van der Waals surface area contributed by atoms with Crippen molar-refractivity contribution in [2.75, 3.05) is 13.2 Å². The number of aryl methyl sites for hydroxylation is 1. The molecule has 0 amide bonds. The third-order valence-corrected chi connectivity index (χ3v) is 5.16. The lowest BCUT2D eigenvalue weighted by atomic mass is 10.1. The van der Waals surface area contributed by atoms with Gasteiger partial charge in [-0.1, -0.05) is 25.1 Å². The molecule has 2 heterocycles. The van der Waals surface area contributed by atoms with Gasteiger partial charge in [0, 0.05) is 6.61 Å². The maximum Gasteiger partial charge on any atom is 0.236 e. The van der Waals surface area contributed by atoms with Crippen molar-refractivity contribution in [1.29, 1.82) is 0 Å². The SMILES string of the molecule is CCOC(CC)OCCc1ccc(OCc2nc(-c3cccs3)oc2C)cc1. The molecule has 0 bridgehead atoms. The van der Waals surface area contributed by atoms with Crippen LogP contribution in [0.15, 0.2) is 46.2 Å². The summed E-state index contributed by atoms with van der Waals surface area (Å²) in [6.45, 7) is 7.65. The van der Waals surface area contributed by atoms with E-state index in [9.17, 15) is 0 Å². The fraction of sp³-hybridized carbons (Fsp3) is 0.409. The average molecular weight is 402 g/mol. The summed E-state index contributed by atoms with van der Waals surface area (Å²) in [5, 5.41) is 2.01. The molecule has 3 rings (SSSR count). The van der Waals surface area contributed by atoms with Gasteiger partial charge >= 0.3 is 0 Å². The number of rotatable bonds is 11. The maximum atomic E-state index is 5.88. The highest BCUT2D eigenvalue weighted by atomic mass is 32.1. The second-order valence-corrected chi connectivity index (χ2v) is 7.29. The lowest BCUT2D eigenvalue weighted by Crippen LogP contribution is -2.17. The first-order chi connectivity index (χ1) is 13.7. The Kier molecular flexibility index (Phi) is 7.65. The normalized spacial score (nSPS) is 12.2. The Hall–Kier alpha value is -2.15. The Bertz CT molecular complexity index is 827. The van der Waals surface area contributed by atoms with Gasteiger partial charge in [0.05, 0.1) is 11.5 Å². The molecule has 0 fully saturated rings. The molecule has 6 heteroatoms. The summed E-state index contributed by atoms with van der Waals surface area (Å²) in [6, 6.07) is 12.1. The van der Waals surface area contributed by atoms with E-state index in [0.717, 1.165) is 34.9 Å². The first-order valence-corrected chi connectivity index (χ1v) is 10.5. The van der Waals surface area contributed by atoms with Crippen molar-refractivity contribution in [3.05, 3.63) is 58.8 Å². The van der Waals surface area contributed by atoms with Gasteiger partial charge in [0.15, 0.2) is 6.29 Å². The number of thiophene rings is 1. The molecule has 0 N–H and O–H groups in total. The van der Waals surface area contributed by atoms with Crippen LogP contribution in [0.2, 0.25) is 0 Å². The number of ether oxygens (including phenoxy) is 3.